The van der Waals surface area contributed by atoms with Gasteiger partial charge in [-0.1, -0.05) is 53.0 Å². The van der Waals surface area contributed by atoms with E-state index in [1.54, 1.807) is 18.2 Å². The van der Waals surface area contributed by atoms with E-state index in [0.717, 1.165) is 16.5 Å². The molecule has 3 rings (SSSR count). The third-order valence-electron chi connectivity index (χ3n) is 3.50. The predicted molar refractivity (Wildman–Crippen MR) is 102 cm³/mol. The smallest absolute Gasteiger partial charge is 0.257 e. The first-order valence-electron chi connectivity index (χ1n) is 7.02. The number of hydrogen-bond acceptors (Lipinski definition) is 3. The van der Waals surface area contributed by atoms with Crippen molar-refractivity contribution in [1.82, 2.24) is 4.98 Å². The predicted octanol–water partition coefficient (Wildman–Crippen LogP) is 5.24. The van der Waals surface area contributed by atoms with Gasteiger partial charge in [-0.3, -0.25) is 10.2 Å². The minimum atomic E-state index is -0.226. The number of aromatic amines is 1. The number of aromatic nitrogens is 1. The Kier molecular flexibility index (Phi) is 4.81. The van der Waals surface area contributed by atoms with Gasteiger partial charge in [0.1, 0.15) is 0 Å². The number of H-pyrrole nitrogens is 1. The Morgan fingerprint density at radius 1 is 1.12 bits per heavy atom. The van der Waals surface area contributed by atoms with E-state index in [1.165, 1.54) is 6.21 Å². The highest BCUT2D eigenvalue weighted by atomic mass is 35.5. The van der Waals surface area contributed by atoms with Crippen LogP contribution in [0.15, 0.2) is 46.3 Å². The average molecular weight is 381 g/mol. The summed E-state index contributed by atoms with van der Waals surface area (Å²) in [5, 5.41) is 6.09. The van der Waals surface area contributed by atoms with Gasteiger partial charge < -0.3 is 4.98 Å². The normalized spacial score (nSPS) is 11.3. The maximum Gasteiger partial charge on any atom is 0.257 e. The topological polar surface area (TPSA) is 57.2 Å². The number of fused-ring (bicyclic) bond motifs is 1. The fourth-order valence-electron chi connectivity index (χ4n) is 2.31. The molecule has 0 atom stereocenters. The van der Waals surface area contributed by atoms with E-state index in [4.69, 9.17) is 34.8 Å². The molecular formula is C17H12Cl3N3O. The molecule has 122 valence electrons. The van der Waals surface area contributed by atoms with Crippen molar-refractivity contribution in [3.8, 4) is 0 Å². The van der Waals surface area contributed by atoms with Crippen molar-refractivity contribution in [3.63, 3.8) is 0 Å². The number of halogens is 3. The number of nitrogens with zero attached hydrogens (tertiary/aromatic N) is 1. The Morgan fingerprint density at radius 3 is 2.54 bits per heavy atom. The van der Waals surface area contributed by atoms with Crippen LogP contribution < -0.4 is 11.0 Å². The van der Waals surface area contributed by atoms with Crippen molar-refractivity contribution in [1.29, 1.82) is 0 Å². The number of pyridine rings is 1. The van der Waals surface area contributed by atoms with Gasteiger partial charge in [0.15, 0.2) is 0 Å². The minimum Gasteiger partial charge on any atom is -0.321 e. The fraction of sp³-hybridized carbons (Fsp3) is 0.0588. The molecule has 0 saturated heterocycles. The zero-order valence-electron chi connectivity index (χ0n) is 12.5. The van der Waals surface area contributed by atoms with E-state index in [0.29, 0.717) is 26.3 Å². The van der Waals surface area contributed by atoms with E-state index >= 15 is 0 Å². The number of hydrazone groups is 1. The molecule has 2 N–H and O–H groups in total. The molecule has 0 saturated carbocycles. The van der Waals surface area contributed by atoms with Gasteiger partial charge in [-0.25, -0.2) is 0 Å². The van der Waals surface area contributed by atoms with Crippen LogP contribution in [-0.4, -0.2) is 11.2 Å². The van der Waals surface area contributed by atoms with Crippen molar-refractivity contribution in [2.45, 2.75) is 6.92 Å². The van der Waals surface area contributed by atoms with E-state index in [-0.39, 0.29) is 5.56 Å². The van der Waals surface area contributed by atoms with Crippen LogP contribution in [0.1, 0.15) is 11.1 Å². The standard InChI is InChI=1S/C17H12Cl3N3O/c1-9-3-2-4-10-5-11(17(24)22-15(9)10)8-21-23-16-13(19)6-12(18)7-14(16)20/h2-8,23H,1H3,(H,22,24)/b21-8+. The van der Waals surface area contributed by atoms with Crippen molar-refractivity contribution >= 4 is 57.6 Å². The summed E-state index contributed by atoms with van der Waals surface area (Å²) in [6.45, 7) is 1.94. The summed E-state index contributed by atoms with van der Waals surface area (Å²) >= 11 is 18.0. The Bertz CT molecular complexity index is 989. The second-order valence-corrected chi connectivity index (χ2v) is 6.46. The van der Waals surface area contributed by atoms with Crippen LogP contribution >= 0.6 is 34.8 Å². The highest BCUT2D eigenvalue weighted by molar-refractivity contribution is 6.41. The molecule has 0 aliphatic rings. The minimum absolute atomic E-state index is 0.226. The summed E-state index contributed by atoms with van der Waals surface area (Å²) in [6.07, 6.45) is 1.42. The highest BCUT2D eigenvalue weighted by Gasteiger charge is 2.07. The summed E-state index contributed by atoms with van der Waals surface area (Å²) in [4.78, 5) is 15.0. The van der Waals surface area contributed by atoms with Gasteiger partial charge >= 0.3 is 0 Å². The van der Waals surface area contributed by atoms with Crippen molar-refractivity contribution in [2.75, 3.05) is 5.43 Å². The summed E-state index contributed by atoms with van der Waals surface area (Å²) < 4.78 is 0. The molecule has 0 bridgehead atoms. The molecule has 0 fully saturated rings. The molecule has 0 amide bonds. The summed E-state index contributed by atoms with van der Waals surface area (Å²) in [6, 6.07) is 10.7. The Labute approximate surface area is 153 Å². The second kappa shape index (κ2) is 6.85. The van der Waals surface area contributed by atoms with Crippen LogP contribution in [0.3, 0.4) is 0 Å². The van der Waals surface area contributed by atoms with Crippen LogP contribution in [0, 0.1) is 6.92 Å². The first-order valence-corrected chi connectivity index (χ1v) is 8.15. The zero-order chi connectivity index (χ0) is 17.3. The molecule has 1 aromatic heterocycles. The van der Waals surface area contributed by atoms with Crippen LogP contribution in [0.25, 0.3) is 10.9 Å². The third kappa shape index (κ3) is 3.41. The maximum absolute atomic E-state index is 12.2. The van der Waals surface area contributed by atoms with Crippen molar-refractivity contribution in [2.24, 2.45) is 5.10 Å². The van der Waals surface area contributed by atoms with Gasteiger partial charge in [-0.2, -0.15) is 5.10 Å². The van der Waals surface area contributed by atoms with Gasteiger partial charge in [-0.15, -0.1) is 0 Å². The number of nitrogens with one attached hydrogen (secondary N) is 2. The number of anilines is 1. The Balaban J connectivity index is 1.92. The summed E-state index contributed by atoms with van der Waals surface area (Å²) in [7, 11) is 0. The van der Waals surface area contributed by atoms with Crippen LogP contribution in [0.5, 0.6) is 0 Å². The first-order chi connectivity index (χ1) is 11.5. The van der Waals surface area contributed by atoms with Gasteiger partial charge in [0.25, 0.3) is 5.56 Å². The summed E-state index contributed by atoms with van der Waals surface area (Å²) in [5.41, 5.74) is 5.17. The number of para-hydroxylation sites is 1. The van der Waals surface area contributed by atoms with Gasteiger partial charge in [0, 0.05) is 5.02 Å². The maximum atomic E-state index is 12.2. The van der Waals surface area contributed by atoms with Crippen LogP contribution in [-0.2, 0) is 0 Å². The number of aryl methyl sites for hydroxylation is 1. The highest BCUT2D eigenvalue weighted by Crippen LogP contribution is 2.33. The molecule has 2 aromatic carbocycles. The molecule has 24 heavy (non-hydrogen) atoms. The second-order valence-electron chi connectivity index (χ2n) is 5.21. The van der Waals surface area contributed by atoms with Crippen LogP contribution in [0.4, 0.5) is 5.69 Å². The van der Waals surface area contributed by atoms with Crippen molar-refractivity contribution < 1.29 is 0 Å². The number of benzene rings is 2. The van der Waals surface area contributed by atoms with E-state index < -0.39 is 0 Å². The first kappa shape index (κ1) is 16.8. The van der Waals surface area contributed by atoms with Gasteiger partial charge in [0.2, 0.25) is 0 Å². The molecule has 1 heterocycles. The molecular weight excluding hydrogens is 369 g/mol. The Morgan fingerprint density at radius 2 is 1.83 bits per heavy atom. The molecule has 7 heteroatoms. The lowest BCUT2D eigenvalue weighted by atomic mass is 10.1. The average Bonchev–Trinajstić information content (AvgIpc) is 2.51. The monoisotopic (exact) mass is 379 g/mol. The number of rotatable bonds is 3. The third-order valence-corrected chi connectivity index (χ3v) is 4.32. The molecule has 0 unspecified atom stereocenters. The molecule has 0 radical (unpaired) electrons. The molecule has 0 spiro atoms. The van der Waals surface area contributed by atoms with E-state index in [9.17, 15) is 4.79 Å². The molecule has 0 aliphatic carbocycles. The van der Waals surface area contributed by atoms with Gasteiger partial charge in [0.05, 0.1) is 33.0 Å². The molecule has 4 nitrogen and oxygen atoms in total. The lowest BCUT2D eigenvalue weighted by Gasteiger charge is -2.06. The summed E-state index contributed by atoms with van der Waals surface area (Å²) in [5.74, 6) is 0. The van der Waals surface area contributed by atoms with Gasteiger partial charge in [-0.05, 0) is 36.1 Å². The molecule has 0 aliphatic heterocycles. The fourth-order valence-corrected chi connectivity index (χ4v) is 3.21. The Hall–Kier alpha value is -2.01. The van der Waals surface area contributed by atoms with Crippen LogP contribution in [0.2, 0.25) is 15.1 Å². The zero-order valence-corrected chi connectivity index (χ0v) is 14.8. The van der Waals surface area contributed by atoms with E-state index in [2.05, 4.69) is 15.5 Å². The largest absolute Gasteiger partial charge is 0.321 e. The molecule has 3 aromatic rings. The van der Waals surface area contributed by atoms with Crippen molar-refractivity contribution in [3.05, 3.63) is 72.9 Å². The number of hydrogen-bond donors (Lipinski definition) is 2. The lowest BCUT2D eigenvalue weighted by molar-refractivity contribution is 1.26. The lowest BCUT2D eigenvalue weighted by Crippen LogP contribution is -2.12. The van der Waals surface area contributed by atoms with E-state index in [1.807, 2.05) is 25.1 Å². The SMILES string of the molecule is Cc1cccc2cc(/C=N/Nc3c(Cl)cc(Cl)cc3Cl)c(=O)[nH]c12. The quantitative estimate of drug-likeness (QED) is 0.482.